The van der Waals surface area contributed by atoms with Gasteiger partial charge in [0.05, 0.1) is 0 Å². The highest BCUT2D eigenvalue weighted by molar-refractivity contribution is 3.84. The average molecular weight is 158 g/mol. The summed E-state index contributed by atoms with van der Waals surface area (Å²) in [6.07, 6.45) is 0. The molecule has 1 nitrogen and oxygen atoms in total. The van der Waals surface area contributed by atoms with Gasteiger partial charge in [-0.3, -0.25) is 0 Å². The summed E-state index contributed by atoms with van der Waals surface area (Å²) in [7, 11) is 0. The molecule has 0 radical (unpaired) electrons. The van der Waals surface area contributed by atoms with Crippen LogP contribution in [0.3, 0.4) is 0 Å². The number of hydrogen-bond acceptors (Lipinski definition) is 0. The van der Waals surface area contributed by atoms with Gasteiger partial charge in [-0.1, -0.05) is 0 Å². The largest absolute Gasteiger partial charge is 0.412 e. The zero-order chi connectivity index (χ0) is 7.15. The van der Waals surface area contributed by atoms with Gasteiger partial charge in [-0.2, -0.15) is 26.3 Å². The molecule has 0 atom stereocenters. The van der Waals surface area contributed by atoms with E-state index in [-0.39, 0.29) is 5.48 Å². The van der Waals surface area contributed by atoms with Crippen LogP contribution in [0.1, 0.15) is 0 Å². The molecule has 0 saturated carbocycles. The van der Waals surface area contributed by atoms with Gasteiger partial charge in [-0.25, -0.2) is 0 Å². The molecule has 0 amide bonds. The summed E-state index contributed by atoms with van der Waals surface area (Å²) >= 11 is 0. The quantitative estimate of drug-likeness (QED) is 0.479. The third-order valence-corrected chi connectivity index (χ3v) is 0. The minimum atomic E-state index is -3.67. The van der Waals surface area contributed by atoms with Crippen LogP contribution >= 0.6 is 0 Å². The maximum absolute atomic E-state index is 9.67. The summed E-state index contributed by atoms with van der Waals surface area (Å²) in [6.45, 7) is -7.33. The normalized spacial score (nSPS) is 8.00. The molecule has 2 N–H and O–H groups in total. The monoisotopic (exact) mass is 158 g/mol. The van der Waals surface area contributed by atoms with Gasteiger partial charge in [0.2, 0.25) is 0 Å². The maximum Gasteiger partial charge on any atom is 0.379 e. The van der Waals surface area contributed by atoms with E-state index in [1.165, 1.54) is 0 Å². The molecule has 0 saturated heterocycles. The highest BCUT2D eigenvalue weighted by Gasteiger charge is 1.86. The Bertz CT molecular complexity index is 26.5. The molecule has 0 aliphatic rings. The van der Waals surface area contributed by atoms with Crippen LogP contribution in [0.4, 0.5) is 26.3 Å². The lowest BCUT2D eigenvalue weighted by atomic mass is 11.6. The van der Waals surface area contributed by atoms with Crippen molar-refractivity contribution in [1.82, 2.24) is 0 Å². The predicted octanol–water partition coefficient (Wildman–Crippen LogP) is 1.53. The van der Waals surface area contributed by atoms with E-state index in [9.17, 15) is 26.3 Å². The van der Waals surface area contributed by atoms with E-state index in [1.807, 2.05) is 0 Å². The summed E-state index contributed by atoms with van der Waals surface area (Å²) in [5, 5.41) is 0. The van der Waals surface area contributed by atoms with Crippen molar-refractivity contribution >= 4 is 0 Å². The van der Waals surface area contributed by atoms with Crippen molar-refractivity contribution in [2.75, 3.05) is 0 Å². The number of rotatable bonds is 0. The van der Waals surface area contributed by atoms with Gasteiger partial charge in [0.15, 0.2) is 0 Å². The fourth-order valence-electron chi connectivity index (χ4n) is 0. The molecule has 0 aromatic carbocycles. The summed E-state index contributed by atoms with van der Waals surface area (Å²) in [5.41, 5.74) is 0. The highest BCUT2D eigenvalue weighted by Crippen LogP contribution is 1.87. The Kier molecular flexibility index (Phi) is 18.5. The molecule has 0 spiro atoms. The lowest BCUT2D eigenvalue weighted by Gasteiger charge is -1.65. The number of hydrogen-bond donors (Lipinski definition) is 0. The zero-order valence-electron chi connectivity index (χ0n) is 3.92. The predicted molar refractivity (Wildman–Crippen MR) is 17.8 cm³/mol. The number of alkyl halides is 6. The van der Waals surface area contributed by atoms with Crippen molar-refractivity contribution in [1.29, 1.82) is 0 Å². The first-order valence-corrected chi connectivity index (χ1v) is 1.31. The maximum atomic E-state index is 9.67. The Hall–Kier alpha value is -0.460. The van der Waals surface area contributed by atoms with E-state index in [2.05, 4.69) is 0 Å². The molecule has 9 heavy (non-hydrogen) atoms. The topological polar surface area (TPSA) is 31.5 Å². The van der Waals surface area contributed by atoms with Gasteiger partial charge in [0, 0.05) is 0 Å². The molecular formula is C2H4F6O. The Labute approximate surface area is 46.6 Å². The molecule has 0 heterocycles. The molecule has 0 rings (SSSR count). The van der Waals surface area contributed by atoms with E-state index in [4.69, 9.17) is 0 Å². The van der Waals surface area contributed by atoms with Crippen LogP contribution in [-0.2, 0) is 0 Å². The van der Waals surface area contributed by atoms with Crippen molar-refractivity contribution in [3.8, 4) is 0 Å². The first-order valence-electron chi connectivity index (χ1n) is 1.31. The fraction of sp³-hybridized carbons (Fsp3) is 1.00. The van der Waals surface area contributed by atoms with Crippen molar-refractivity contribution < 1.29 is 31.8 Å². The Morgan fingerprint density at radius 3 is 0.556 bits per heavy atom. The molecule has 0 aromatic rings. The lowest BCUT2D eigenvalue weighted by molar-refractivity contribution is 0.00734. The van der Waals surface area contributed by atoms with E-state index < -0.39 is 13.4 Å². The van der Waals surface area contributed by atoms with E-state index >= 15 is 0 Å². The Morgan fingerprint density at radius 2 is 0.556 bits per heavy atom. The van der Waals surface area contributed by atoms with Crippen molar-refractivity contribution in [2.45, 2.75) is 13.4 Å². The molecule has 0 aromatic heterocycles. The van der Waals surface area contributed by atoms with Crippen LogP contribution < -0.4 is 0 Å². The summed E-state index contributed by atoms with van der Waals surface area (Å²) in [5.74, 6) is 0. The van der Waals surface area contributed by atoms with Gasteiger partial charge < -0.3 is 5.48 Å². The van der Waals surface area contributed by atoms with Crippen molar-refractivity contribution in [3.05, 3.63) is 0 Å². The van der Waals surface area contributed by atoms with Crippen LogP contribution in [0.25, 0.3) is 0 Å². The first-order chi connectivity index (χ1) is 3.46. The zero-order valence-corrected chi connectivity index (χ0v) is 3.92. The second kappa shape index (κ2) is 10.5. The van der Waals surface area contributed by atoms with Gasteiger partial charge in [-0.05, 0) is 0 Å². The lowest BCUT2D eigenvalue weighted by Crippen LogP contribution is -1.65. The minimum absolute atomic E-state index is 0. The third-order valence-electron chi connectivity index (χ3n) is 0. The molecule has 60 valence electrons. The molecule has 0 aliphatic carbocycles. The first kappa shape index (κ1) is 15.8. The fourth-order valence-corrected chi connectivity index (χ4v) is 0. The second-order valence-electron chi connectivity index (χ2n) is 0.495. The molecule has 0 aliphatic heterocycles. The van der Waals surface area contributed by atoms with Gasteiger partial charge in [-0.15, -0.1) is 0 Å². The van der Waals surface area contributed by atoms with Gasteiger partial charge >= 0.3 is 13.4 Å². The van der Waals surface area contributed by atoms with E-state index in [0.29, 0.717) is 0 Å². The summed E-state index contributed by atoms with van der Waals surface area (Å²) in [6, 6.07) is 0. The molecule has 7 heteroatoms. The Balaban J connectivity index is -0.0000000720. The minimum Gasteiger partial charge on any atom is -0.412 e. The molecular weight excluding hydrogens is 154 g/mol. The smallest absolute Gasteiger partial charge is 0.379 e. The van der Waals surface area contributed by atoms with Gasteiger partial charge in [0.1, 0.15) is 0 Å². The molecule has 0 bridgehead atoms. The van der Waals surface area contributed by atoms with E-state index in [1.54, 1.807) is 0 Å². The van der Waals surface area contributed by atoms with Crippen molar-refractivity contribution in [3.63, 3.8) is 0 Å². The molecule has 0 unspecified atom stereocenters. The van der Waals surface area contributed by atoms with Crippen molar-refractivity contribution in [2.24, 2.45) is 0 Å². The highest BCUT2D eigenvalue weighted by atomic mass is 19.4. The van der Waals surface area contributed by atoms with E-state index in [0.717, 1.165) is 0 Å². The second-order valence-corrected chi connectivity index (χ2v) is 0.495. The molecule has 0 fully saturated rings. The third kappa shape index (κ3) is 1090. The summed E-state index contributed by atoms with van der Waals surface area (Å²) in [4.78, 5) is 0. The van der Waals surface area contributed by atoms with Crippen LogP contribution in [0.15, 0.2) is 0 Å². The standard InChI is InChI=1S/2CHF3.H2O/c2*2-1(3)4;/h2*1H;1H2. The summed E-state index contributed by atoms with van der Waals surface area (Å²) < 4.78 is 58.0. The van der Waals surface area contributed by atoms with Gasteiger partial charge in [0.25, 0.3) is 0 Å². The van der Waals surface area contributed by atoms with Crippen LogP contribution in [0.5, 0.6) is 0 Å². The van der Waals surface area contributed by atoms with Crippen LogP contribution in [0, 0.1) is 0 Å². The number of halogens is 6. The SMILES string of the molecule is FC(F)F.FC(F)F.O. The van der Waals surface area contributed by atoms with Crippen LogP contribution in [-0.4, -0.2) is 18.8 Å². The van der Waals surface area contributed by atoms with Crippen LogP contribution in [0.2, 0.25) is 0 Å². The Morgan fingerprint density at radius 1 is 0.556 bits per heavy atom. The average Bonchev–Trinajstić information content (AvgIpc) is 1.25.